The molecule has 5 heteroatoms. The predicted octanol–water partition coefficient (Wildman–Crippen LogP) is 1.34. The molecule has 0 fully saturated rings. The average molecular weight is 232 g/mol. The van der Waals surface area contributed by atoms with E-state index in [4.69, 9.17) is 9.84 Å². The Hall–Kier alpha value is -2.30. The maximum Gasteiger partial charge on any atom is 0.275 e. The van der Waals surface area contributed by atoms with Crippen molar-refractivity contribution < 1.29 is 9.84 Å². The Morgan fingerprint density at radius 2 is 2.06 bits per heavy atom. The summed E-state index contributed by atoms with van der Waals surface area (Å²) in [4.78, 5) is 11.6. The Morgan fingerprint density at radius 3 is 2.65 bits per heavy atom. The molecule has 0 aliphatic heterocycles. The van der Waals surface area contributed by atoms with Crippen LogP contribution in [0.1, 0.15) is 6.92 Å². The van der Waals surface area contributed by atoms with Crippen LogP contribution in [0.4, 0.5) is 0 Å². The zero-order chi connectivity index (χ0) is 12.3. The first-order valence-corrected chi connectivity index (χ1v) is 5.22. The van der Waals surface area contributed by atoms with E-state index in [1.807, 2.05) is 6.92 Å². The van der Waals surface area contributed by atoms with Gasteiger partial charge in [-0.1, -0.05) is 0 Å². The zero-order valence-electron chi connectivity index (χ0n) is 9.33. The highest BCUT2D eigenvalue weighted by Crippen LogP contribution is 2.13. The Balaban J connectivity index is 2.36. The van der Waals surface area contributed by atoms with Gasteiger partial charge < -0.3 is 9.84 Å². The maximum atomic E-state index is 11.6. The van der Waals surface area contributed by atoms with Crippen LogP contribution in [0.2, 0.25) is 0 Å². The topological polar surface area (TPSA) is 64.3 Å². The van der Waals surface area contributed by atoms with Crippen molar-refractivity contribution in [2.24, 2.45) is 0 Å². The van der Waals surface area contributed by atoms with Crippen LogP contribution < -0.4 is 10.3 Å². The minimum Gasteiger partial charge on any atom is -0.506 e. The Kier molecular flexibility index (Phi) is 3.09. The van der Waals surface area contributed by atoms with Gasteiger partial charge in [0.2, 0.25) is 0 Å². The van der Waals surface area contributed by atoms with Crippen LogP contribution in [-0.4, -0.2) is 21.5 Å². The molecular formula is C12H12N2O3. The lowest BCUT2D eigenvalue weighted by Gasteiger charge is -2.06. The van der Waals surface area contributed by atoms with Crippen molar-refractivity contribution in [3.63, 3.8) is 0 Å². The van der Waals surface area contributed by atoms with Gasteiger partial charge in [-0.15, -0.1) is 0 Å². The van der Waals surface area contributed by atoms with Crippen LogP contribution >= 0.6 is 0 Å². The monoisotopic (exact) mass is 232 g/mol. The summed E-state index contributed by atoms with van der Waals surface area (Å²) < 4.78 is 6.50. The first kappa shape index (κ1) is 11.2. The minimum atomic E-state index is -0.380. The normalized spacial score (nSPS) is 10.2. The molecule has 2 rings (SSSR count). The number of rotatable bonds is 3. The fraction of sp³-hybridized carbons (Fsp3) is 0.167. The van der Waals surface area contributed by atoms with E-state index >= 15 is 0 Å². The van der Waals surface area contributed by atoms with E-state index in [1.54, 1.807) is 24.3 Å². The maximum absolute atomic E-state index is 11.6. The van der Waals surface area contributed by atoms with Crippen molar-refractivity contribution in [3.8, 4) is 17.2 Å². The molecule has 0 aliphatic rings. The third-order valence-electron chi connectivity index (χ3n) is 2.18. The van der Waals surface area contributed by atoms with Crippen molar-refractivity contribution in [1.29, 1.82) is 0 Å². The average Bonchev–Trinajstić information content (AvgIpc) is 2.31. The Bertz CT molecular complexity index is 561. The van der Waals surface area contributed by atoms with E-state index in [0.717, 1.165) is 11.8 Å². The predicted molar refractivity (Wildman–Crippen MR) is 62.7 cm³/mol. The summed E-state index contributed by atoms with van der Waals surface area (Å²) in [5.41, 5.74) is 0.243. The van der Waals surface area contributed by atoms with Gasteiger partial charge in [-0.2, -0.15) is 9.78 Å². The first-order chi connectivity index (χ1) is 8.20. The second kappa shape index (κ2) is 4.69. The fourth-order valence-electron chi connectivity index (χ4n) is 1.44. The standard InChI is InChI=1S/C12H12N2O3/c1-2-17-11-5-3-9(4-6-11)14-12(16)7-10(15)8-13-14/h3-8,15H,2H2,1H3. The van der Waals surface area contributed by atoms with E-state index in [9.17, 15) is 4.79 Å². The van der Waals surface area contributed by atoms with Crippen LogP contribution in [-0.2, 0) is 0 Å². The molecule has 0 amide bonds. The molecule has 1 aromatic heterocycles. The van der Waals surface area contributed by atoms with Gasteiger partial charge in [0.1, 0.15) is 11.5 Å². The number of aromatic nitrogens is 2. The quantitative estimate of drug-likeness (QED) is 0.867. The van der Waals surface area contributed by atoms with Gasteiger partial charge in [-0.25, -0.2) is 0 Å². The lowest BCUT2D eigenvalue weighted by Crippen LogP contribution is -2.19. The molecule has 0 bridgehead atoms. The smallest absolute Gasteiger partial charge is 0.275 e. The molecule has 1 N–H and O–H groups in total. The molecule has 2 aromatic rings. The van der Waals surface area contributed by atoms with Gasteiger partial charge in [-0.3, -0.25) is 4.79 Å². The van der Waals surface area contributed by atoms with E-state index in [0.29, 0.717) is 12.3 Å². The third kappa shape index (κ3) is 2.44. The molecule has 1 heterocycles. The lowest BCUT2D eigenvalue weighted by atomic mass is 10.3. The molecule has 88 valence electrons. The summed E-state index contributed by atoms with van der Waals surface area (Å²) in [7, 11) is 0. The SMILES string of the molecule is CCOc1ccc(-n2ncc(O)cc2=O)cc1. The molecule has 0 saturated heterocycles. The molecule has 1 aromatic carbocycles. The number of hydrogen-bond donors (Lipinski definition) is 1. The molecule has 0 atom stereocenters. The first-order valence-electron chi connectivity index (χ1n) is 5.22. The molecule has 0 saturated carbocycles. The number of aromatic hydroxyl groups is 1. The second-order valence-electron chi connectivity index (χ2n) is 3.39. The van der Waals surface area contributed by atoms with Crippen molar-refractivity contribution in [1.82, 2.24) is 9.78 Å². The number of ether oxygens (including phenoxy) is 1. The molecule has 17 heavy (non-hydrogen) atoms. The van der Waals surface area contributed by atoms with Gasteiger partial charge in [0.05, 0.1) is 18.5 Å². The minimum absolute atomic E-state index is 0.141. The van der Waals surface area contributed by atoms with Gasteiger partial charge in [0.25, 0.3) is 5.56 Å². The summed E-state index contributed by atoms with van der Waals surface area (Å²) in [6.07, 6.45) is 1.22. The number of hydrogen-bond acceptors (Lipinski definition) is 4. The van der Waals surface area contributed by atoms with Crippen LogP contribution in [0.25, 0.3) is 5.69 Å². The van der Waals surface area contributed by atoms with Crippen LogP contribution in [0, 0.1) is 0 Å². The number of benzene rings is 1. The van der Waals surface area contributed by atoms with E-state index in [-0.39, 0.29) is 11.3 Å². The lowest BCUT2D eigenvalue weighted by molar-refractivity contribution is 0.340. The van der Waals surface area contributed by atoms with E-state index < -0.39 is 0 Å². The van der Waals surface area contributed by atoms with E-state index in [2.05, 4.69) is 5.10 Å². The largest absolute Gasteiger partial charge is 0.506 e. The van der Waals surface area contributed by atoms with Gasteiger partial charge in [0.15, 0.2) is 0 Å². The van der Waals surface area contributed by atoms with Crippen LogP contribution in [0.5, 0.6) is 11.5 Å². The van der Waals surface area contributed by atoms with Gasteiger partial charge in [-0.05, 0) is 31.2 Å². The molecular weight excluding hydrogens is 220 g/mol. The highest BCUT2D eigenvalue weighted by atomic mass is 16.5. The highest BCUT2D eigenvalue weighted by molar-refractivity contribution is 5.36. The summed E-state index contributed by atoms with van der Waals surface area (Å²) in [5.74, 6) is 0.597. The Labute approximate surface area is 97.9 Å². The summed E-state index contributed by atoms with van der Waals surface area (Å²) >= 11 is 0. The molecule has 0 aliphatic carbocycles. The van der Waals surface area contributed by atoms with Crippen molar-refractivity contribution in [3.05, 3.63) is 46.9 Å². The second-order valence-corrected chi connectivity index (χ2v) is 3.39. The zero-order valence-corrected chi connectivity index (χ0v) is 9.33. The fourth-order valence-corrected chi connectivity index (χ4v) is 1.44. The summed E-state index contributed by atoms with van der Waals surface area (Å²) in [5, 5.41) is 12.9. The summed E-state index contributed by atoms with van der Waals surface area (Å²) in [6.45, 7) is 2.50. The van der Waals surface area contributed by atoms with Crippen LogP contribution in [0.15, 0.2) is 41.3 Å². The van der Waals surface area contributed by atoms with Crippen LogP contribution in [0.3, 0.4) is 0 Å². The van der Waals surface area contributed by atoms with Crippen molar-refractivity contribution in [2.45, 2.75) is 6.92 Å². The molecule has 0 spiro atoms. The molecule has 5 nitrogen and oxygen atoms in total. The van der Waals surface area contributed by atoms with Gasteiger partial charge >= 0.3 is 0 Å². The summed E-state index contributed by atoms with van der Waals surface area (Å²) in [6, 6.07) is 8.11. The highest BCUT2D eigenvalue weighted by Gasteiger charge is 2.02. The third-order valence-corrected chi connectivity index (χ3v) is 2.18. The van der Waals surface area contributed by atoms with Crippen molar-refractivity contribution in [2.75, 3.05) is 6.61 Å². The molecule has 0 unspecified atom stereocenters. The number of nitrogens with zero attached hydrogens (tertiary/aromatic N) is 2. The van der Waals surface area contributed by atoms with Crippen molar-refractivity contribution >= 4 is 0 Å². The Morgan fingerprint density at radius 1 is 1.35 bits per heavy atom. The molecule has 0 radical (unpaired) electrons. The van der Waals surface area contributed by atoms with Gasteiger partial charge in [0, 0.05) is 6.07 Å². The van der Waals surface area contributed by atoms with E-state index in [1.165, 1.54) is 10.9 Å².